The molecule has 0 saturated carbocycles. The Balaban J connectivity index is 2.17. The van der Waals surface area contributed by atoms with Crippen LogP contribution >= 0.6 is 27.5 Å². The van der Waals surface area contributed by atoms with Crippen molar-refractivity contribution < 1.29 is 9.53 Å². The van der Waals surface area contributed by atoms with Crippen LogP contribution in [0.1, 0.15) is 10.4 Å². The van der Waals surface area contributed by atoms with Gasteiger partial charge >= 0.3 is 0 Å². The summed E-state index contributed by atoms with van der Waals surface area (Å²) in [6.07, 6.45) is 0. The molecule has 0 aromatic heterocycles. The molecular formula is C14H11BrClNO2. The van der Waals surface area contributed by atoms with Crippen molar-refractivity contribution in [3.8, 4) is 5.75 Å². The lowest BCUT2D eigenvalue weighted by atomic mass is 10.2. The Morgan fingerprint density at radius 3 is 2.53 bits per heavy atom. The molecule has 3 nitrogen and oxygen atoms in total. The molecule has 19 heavy (non-hydrogen) atoms. The summed E-state index contributed by atoms with van der Waals surface area (Å²) in [5, 5.41) is 3.29. The quantitative estimate of drug-likeness (QED) is 0.901. The molecule has 0 aliphatic carbocycles. The molecule has 0 saturated heterocycles. The van der Waals surface area contributed by atoms with Gasteiger partial charge in [-0.05, 0) is 36.4 Å². The SMILES string of the molecule is COc1cc(NC(=O)c2ccc(Br)cc2)ccc1Cl. The Morgan fingerprint density at radius 1 is 1.21 bits per heavy atom. The van der Waals surface area contributed by atoms with Crippen molar-refractivity contribution in [1.29, 1.82) is 0 Å². The lowest BCUT2D eigenvalue weighted by molar-refractivity contribution is 0.102. The van der Waals surface area contributed by atoms with Gasteiger partial charge in [0.1, 0.15) is 5.75 Å². The zero-order chi connectivity index (χ0) is 13.8. The molecule has 98 valence electrons. The fourth-order valence-corrected chi connectivity index (χ4v) is 2.00. The Morgan fingerprint density at radius 2 is 1.89 bits per heavy atom. The van der Waals surface area contributed by atoms with Crippen LogP contribution in [0.3, 0.4) is 0 Å². The first-order valence-corrected chi connectivity index (χ1v) is 6.67. The molecule has 0 atom stereocenters. The Kier molecular flexibility index (Phi) is 4.45. The van der Waals surface area contributed by atoms with Crippen LogP contribution in [0.5, 0.6) is 5.75 Å². The smallest absolute Gasteiger partial charge is 0.255 e. The highest BCUT2D eigenvalue weighted by Crippen LogP contribution is 2.27. The molecule has 0 bridgehead atoms. The average molecular weight is 341 g/mol. The third-order valence-corrected chi connectivity index (χ3v) is 3.36. The van der Waals surface area contributed by atoms with Gasteiger partial charge in [0.15, 0.2) is 0 Å². The first-order chi connectivity index (χ1) is 9.10. The van der Waals surface area contributed by atoms with Crippen molar-refractivity contribution in [1.82, 2.24) is 0 Å². The van der Waals surface area contributed by atoms with Crippen molar-refractivity contribution in [3.63, 3.8) is 0 Å². The van der Waals surface area contributed by atoms with Crippen LogP contribution in [0, 0.1) is 0 Å². The number of rotatable bonds is 3. The van der Waals surface area contributed by atoms with E-state index in [1.807, 2.05) is 12.1 Å². The van der Waals surface area contributed by atoms with Crippen LogP contribution in [-0.4, -0.2) is 13.0 Å². The fourth-order valence-electron chi connectivity index (χ4n) is 1.54. The predicted molar refractivity (Wildman–Crippen MR) is 80.1 cm³/mol. The summed E-state index contributed by atoms with van der Waals surface area (Å²) in [5.41, 5.74) is 1.21. The monoisotopic (exact) mass is 339 g/mol. The minimum atomic E-state index is -0.183. The van der Waals surface area contributed by atoms with Crippen molar-refractivity contribution in [2.75, 3.05) is 12.4 Å². The summed E-state index contributed by atoms with van der Waals surface area (Å²) in [7, 11) is 1.53. The second kappa shape index (κ2) is 6.08. The van der Waals surface area contributed by atoms with Gasteiger partial charge in [-0.2, -0.15) is 0 Å². The lowest BCUT2D eigenvalue weighted by Gasteiger charge is -2.08. The number of halogens is 2. The van der Waals surface area contributed by atoms with Crippen LogP contribution < -0.4 is 10.1 Å². The van der Waals surface area contributed by atoms with Gasteiger partial charge in [-0.25, -0.2) is 0 Å². The number of hydrogen-bond donors (Lipinski definition) is 1. The first kappa shape index (κ1) is 13.9. The van der Waals surface area contributed by atoms with Gasteiger partial charge in [0, 0.05) is 21.8 Å². The Labute approximate surface area is 124 Å². The minimum Gasteiger partial charge on any atom is -0.495 e. The molecule has 1 N–H and O–H groups in total. The van der Waals surface area contributed by atoms with Gasteiger partial charge in [-0.3, -0.25) is 4.79 Å². The average Bonchev–Trinajstić information content (AvgIpc) is 2.41. The normalized spacial score (nSPS) is 10.1. The molecule has 5 heteroatoms. The van der Waals surface area contributed by atoms with E-state index in [4.69, 9.17) is 16.3 Å². The van der Waals surface area contributed by atoms with Gasteiger partial charge in [-0.1, -0.05) is 27.5 Å². The number of nitrogens with one attached hydrogen (secondary N) is 1. The highest BCUT2D eigenvalue weighted by molar-refractivity contribution is 9.10. The number of ether oxygens (including phenoxy) is 1. The van der Waals surface area contributed by atoms with Crippen LogP contribution in [0.15, 0.2) is 46.9 Å². The van der Waals surface area contributed by atoms with Crippen LogP contribution in [0.2, 0.25) is 5.02 Å². The van der Waals surface area contributed by atoms with Gasteiger partial charge in [0.05, 0.1) is 12.1 Å². The van der Waals surface area contributed by atoms with Crippen LogP contribution in [0.25, 0.3) is 0 Å². The zero-order valence-corrected chi connectivity index (χ0v) is 12.5. The Bertz CT molecular complexity index is 599. The summed E-state index contributed by atoms with van der Waals surface area (Å²) < 4.78 is 6.03. The number of methoxy groups -OCH3 is 1. The maximum absolute atomic E-state index is 12.0. The number of carbonyl (C=O) groups excluding carboxylic acids is 1. The molecule has 2 rings (SSSR count). The number of carbonyl (C=O) groups is 1. The molecule has 0 heterocycles. The molecule has 2 aromatic carbocycles. The second-order valence-corrected chi connectivity index (χ2v) is 5.13. The van der Waals surface area contributed by atoms with E-state index >= 15 is 0 Å². The van der Waals surface area contributed by atoms with E-state index in [0.29, 0.717) is 22.0 Å². The third-order valence-electron chi connectivity index (χ3n) is 2.52. The second-order valence-electron chi connectivity index (χ2n) is 3.81. The van der Waals surface area contributed by atoms with E-state index in [1.54, 1.807) is 30.3 Å². The third kappa shape index (κ3) is 3.49. The molecule has 0 fully saturated rings. The molecule has 2 aromatic rings. The number of hydrogen-bond acceptors (Lipinski definition) is 2. The largest absolute Gasteiger partial charge is 0.495 e. The summed E-state index contributed by atoms with van der Waals surface area (Å²) in [5.74, 6) is 0.340. The van der Waals surface area contributed by atoms with Crippen molar-refractivity contribution in [2.45, 2.75) is 0 Å². The van der Waals surface area contributed by atoms with E-state index in [0.717, 1.165) is 4.47 Å². The van der Waals surface area contributed by atoms with E-state index < -0.39 is 0 Å². The van der Waals surface area contributed by atoms with Crippen molar-refractivity contribution in [3.05, 3.63) is 57.5 Å². The molecule has 1 amide bonds. The highest BCUT2D eigenvalue weighted by atomic mass is 79.9. The lowest BCUT2D eigenvalue weighted by Crippen LogP contribution is -2.11. The summed E-state index contributed by atoms with van der Waals surface area (Å²) >= 11 is 9.25. The molecule has 0 radical (unpaired) electrons. The molecule has 0 unspecified atom stereocenters. The van der Waals surface area contributed by atoms with Crippen LogP contribution in [0.4, 0.5) is 5.69 Å². The highest BCUT2D eigenvalue weighted by Gasteiger charge is 2.08. The van der Waals surface area contributed by atoms with E-state index in [1.165, 1.54) is 7.11 Å². The maximum Gasteiger partial charge on any atom is 0.255 e. The minimum absolute atomic E-state index is 0.183. The van der Waals surface area contributed by atoms with Gasteiger partial charge in [-0.15, -0.1) is 0 Å². The number of benzene rings is 2. The zero-order valence-electron chi connectivity index (χ0n) is 10.1. The van der Waals surface area contributed by atoms with Gasteiger partial charge < -0.3 is 10.1 Å². The van der Waals surface area contributed by atoms with Gasteiger partial charge in [0.25, 0.3) is 5.91 Å². The molecule has 0 aliphatic rings. The summed E-state index contributed by atoms with van der Waals surface area (Å²) in [6, 6.07) is 12.2. The van der Waals surface area contributed by atoms with E-state index in [9.17, 15) is 4.79 Å². The van der Waals surface area contributed by atoms with Gasteiger partial charge in [0.2, 0.25) is 0 Å². The molecular weight excluding hydrogens is 330 g/mol. The van der Waals surface area contributed by atoms with Crippen molar-refractivity contribution in [2.24, 2.45) is 0 Å². The molecule has 0 spiro atoms. The fraction of sp³-hybridized carbons (Fsp3) is 0.0714. The van der Waals surface area contributed by atoms with E-state index in [-0.39, 0.29) is 5.91 Å². The maximum atomic E-state index is 12.0. The summed E-state index contributed by atoms with van der Waals surface area (Å²) in [4.78, 5) is 12.0. The summed E-state index contributed by atoms with van der Waals surface area (Å²) in [6.45, 7) is 0. The van der Waals surface area contributed by atoms with Crippen LogP contribution in [-0.2, 0) is 0 Å². The van der Waals surface area contributed by atoms with Crippen molar-refractivity contribution >= 4 is 39.1 Å². The van der Waals surface area contributed by atoms with E-state index in [2.05, 4.69) is 21.2 Å². The predicted octanol–water partition coefficient (Wildman–Crippen LogP) is 4.36. The first-order valence-electron chi connectivity index (χ1n) is 5.50. The number of amides is 1. The topological polar surface area (TPSA) is 38.3 Å². The standard InChI is InChI=1S/C14H11BrClNO2/c1-19-13-8-11(6-7-12(13)16)17-14(18)9-2-4-10(15)5-3-9/h2-8H,1H3,(H,17,18). The molecule has 0 aliphatic heterocycles. The Hall–Kier alpha value is -1.52. The number of anilines is 1.